The van der Waals surface area contributed by atoms with Gasteiger partial charge in [-0.2, -0.15) is 0 Å². The number of benzene rings is 2. The van der Waals surface area contributed by atoms with E-state index in [9.17, 15) is 9.90 Å². The molecule has 0 saturated heterocycles. The van der Waals surface area contributed by atoms with Crippen LogP contribution in [0.15, 0.2) is 35.1 Å². The van der Waals surface area contributed by atoms with Crippen molar-refractivity contribution in [1.82, 2.24) is 9.97 Å². The molecule has 0 amide bonds. The molecule has 9 heteroatoms. The van der Waals surface area contributed by atoms with Gasteiger partial charge in [-0.3, -0.25) is 9.78 Å². The Morgan fingerprint density at radius 3 is 2.52 bits per heavy atom. The third kappa shape index (κ3) is 4.89. The predicted octanol–water partition coefficient (Wildman–Crippen LogP) is 1.62. The zero-order valence-electron chi connectivity index (χ0n) is 18.0. The van der Waals surface area contributed by atoms with Crippen LogP contribution < -0.4 is 24.7 Å². The number of aromatic nitrogens is 2. The molecule has 0 spiro atoms. The number of hydrogen-bond acceptors (Lipinski definition) is 8. The highest BCUT2D eigenvalue weighted by Crippen LogP contribution is 2.35. The molecule has 9 nitrogen and oxygen atoms in total. The molecule has 0 bridgehead atoms. The first-order valence-electron chi connectivity index (χ1n) is 9.75. The summed E-state index contributed by atoms with van der Waals surface area (Å²) < 4.78 is 16.2. The van der Waals surface area contributed by atoms with Crippen molar-refractivity contribution in [1.29, 1.82) is 0 Å². The molecule has 0 aliphatic heterocycles. The summed E-state index contributed by atoms with van der Waals surface area (Å²) in [5, 5.41) is 18.7. The van der Waals surface area contributed by atoms with E-state index in [0.717, 1.165) is 5.56 Å². The van der Waals surface area contributed by atoms with Crippen molar-refractivity contribution in [3.63, 3.8) is 0 Å². The molecular weight excluding hydrogens is 402 g/mol. The zero-order chi connectivity index (χ0) is 22.5. The highest BCUT2D eigenvalue weighted by atomic mass is 16.5. The van der Waals surface area contributed by atoms with Crippen LogP contribution in [-0.2, 0) is 6.54 Å². The number of aliphatic hydroxyl groups is 2. The van der Waals surface area contributed by atoms with Crippen molar-refractivity contribution in [2.45, 2.75) is 19.6 Å². The van der Waals surface area contributed by atoms with Crippen molar-refractivity contribution < 1.29 is 24.4 Å². The Morgan fingerprint density at radius 1 is 1.19 bits per heavy atom. The van der Waals surface area contributed by atoms with Gasteiger partial charge in [0.1, 0.15) is 18.5 Å². The van der Waals surface area contributed by atoms with Gasteiger partial charge in [-0.15, -0.1) is 0 Å². The van der Waals surface area contributed by atoms with Gasteiger partial charge in [0.2, 0.25) is 5.95 Å². The highest BCUT2D eigenvalue weighted by molar-refractivity contribution is 5.86. The fourth-order valence-corrected chi connectivity index (χ4v) is 3.30. The number of nitrogens with one attached hydrogen (secondary N) is 1. The molecule has 31 heavy (non-hydrogen) atoms. The number of nitrogens with zero attached hydrogens (tertiary/aromatic N) is 2. The molecule has 3 aromatic rings. The van der Waals surface area contributed by atoms with Crippen LogP contribution in [0.1, 0.15) is 11.1 Å². The summed E-state index contributed by atoms with van der Waals surface area (Å²) >= 11 is 0. The second kappa shape index (κ2) is 9.67. The van der Waals surface area contributed by atoms with Gasteiger partial charge in [0, 0.05) is 25.2 Å². The standard InChI is InChI=1S/C22H27N3O6/c1-13-19-17(9-18(29-3)20(13)30-4)23-22(24-21(19)28)25(2)10-14-5-7-16(8-6-14)31-12-15(27)11-26/h5-9,15,26-27H,10-12H2,1-4H3,(H,23,24,28). The summed E-state index contributed by atoms with van der Waals surface area (Å²) in [6.07, 6.45) is -0.913. The Hall–Kier alpha value is -3.30. The first kappa shape index (κ1) is 22.4. The van der Waals surface area contributed by atoms with Crippen LogP contribution in [0.25, 0.3) is 10.9 Å². The molecule has 0 fully saturated rings. The maximum Gasteiger partial charge on any atom is 0.260 e. The summed E-state index contributed by atoms with van der Waals surface area (Å²) in [6, 6.07) is 9.03. The average Bonchev–Trinajstić information content (AvgIpc) is 2.77. The van der Waals surface area contributed by atoms with Gasteiger partial charge in [-0.05, 0) is 24.6 Å². The highest BCUT2D eigenvalue weighted by Gasteiger charge is 2.17. The molecule has 3 N–H and O–H groups in total. The largest absolute Gasteiger partial charge is 0.493 e. The first-order valence-corrected chi connectivity index (χ1v) is 9.75. The maximum atomic E-state index is 12.8. The van der Waals surface area contributed by atoms with Crippen LogP contribution in [0.2, 0.25) is 0 Å². The third-order valence-electron chi connectivity index (χ3n) is 4.92. The van der Waals surface area contributed by atoms with Crippen molar-refractivity contribution in [3.05, 3.63) is 51.8 Å². The number of rotatable bonds is 9. The van der Waals surface area contributed by atoms with Crippen LogP contribution >= 0.6 is 0 Å². The molecular formula is C22H27N3O6. The van der Waals surface area contributed by atoms with Gasteiger partial charge in [0.05, 0.1) is 31.7 Å². The number of methoxy groups -OCH3 is 2. The maximum absolute atomic E-state index is 12.8. The Bertz CT molecular complexity index is 1100. The summed E-state index contributed by atoms with van der Waals surface area (Å²) in [5.41, 5.74) is 1.91. The Balaban J connectivity index is 1.82. The number of H-pyrrole nitrogens is 1. The van der Waals surface area contributed by atoms with E-state index in [1.54, 1.807) is 32.2 Å². The smallest absolute Gasteiger partial charge is 0.260 e. The number of aliphatic hydroxyl groups excluding tert-OH is 2. The summed E-state index contributed by atoms with van der Waals surface area (Å²) in [5.74, 6) is 2.04. The van der Waals surface area contributed by atoms with Gasteiger partial charge < -0.3 is 29.3 Å². The summed E-state index contributed by atoms with van der Waals surface area (Å²) in [7, 11) is 4.91. The van der Waals surface area contributed by atoms with Crippen molar-refractivity contribution in [3.8, 4) is 17.2 Å². The number of aryl methyl sites for hydroxylation is 1. The molecule has 2 aromatic carbocycles. The number of aromatic amines is 1. The molecule has 1 unspecified atom stereocenters. The Kier molecular flexibility index (Phi) is 6.98. The Labute approximate surface area is 179 Å². The Morgan fingerprint density at radius 2 is 1.90 bits per heavy atom. The lowest BCUT2D eigenvalue weighted by Gasteiger charge is -2.19. The fraction of sp³-hybridized carbons (Fsp3) is 0.364. The SMILES string of the molecule is COc1cc2nc(N(C)Cc3ccc(OCC(O)CO)cc3)[nH]c(=O)c2c(C)c1OC. The van der Waals surface area contributed by atoms with Gasteiger partial charge in [0.15, 0.2) is 11.5 Å². The van der Waals surface area contributed by atoms with Crippen LogP contribution in [0, 0.1) is 6.92 Å². The van der Waals surface area contributed by atoms with Crippen molar-refractivity contribution in [2.24, 2.45) is 0 Å². The normalized spacial score (nSPS) is 11.9. The summed E-state index contributed by atoms with van der Waals surface area (Å²) in [4.78, 5) is 22.0. The van der Waals surface area contributed by atoms with Gasteiger partial charge in [0.25, 0.3) is 5.56 Å². The number of fused-ring (bicyclic) bond motifs is 1. The minimum atomic E-state index is -0.913. The van der Waals surface area contributed by atoms with Crippen LogP contribution in [0.3, 0.4) is 0 Å². The number of hydrogen-bond donors (Lipinski definition) is 3. The number of ether oxygens (including phenoxy) is 3. The van der Waals surface area contributed by atoms with E-state index in [-0.39, 0.29) is 18.8 Å². The quantitative estimate of drug-likeness (QED) is 0.470. The number of anilines is 1. The van der Waals surface area contributed by atoms with Gasteiger partial charge in [-0.25, -0.2) is 4.98 Å². The lowest BCUT2D eigenvalue weighted by molar-refractivity contribution is 0.0536. The molecule has 0 radical (unpaired) electrons. The van der Waals surface area contributed by atoms with E-state index in [2.05, 4.69) is 9.97 Å². The van der Waals surface area contributed by atoms with Gasteiger partial charge in [-0.1, -0.05) is 12.1 Å². The lowest BCUT2D eigenvalue weighted by atomic mass is 10.1. The lowest BCUT2D eigenvalue weighted by Crippen LogP contribution is -2.23. The van der Waals surface area contributed by atoms with E-state index in [4.69, 9.17) is 19.3 Å². The molecule has 1 aromatic heterocycles. The molecule has 1 atom stereocenters. The van der Waals surface area contributed by atoms with Crippen molar-refractivity contribution >= 4 is 16.9 Å². The van der Waals surface area contributed by atoms with E-state index in [0.29, 0.717) is 46.2 Å². The molecule has 0 saturated carbocycles. The van der Waals surface area contributed by atoms with Crippen LogP contribution in [-0.4, -0.2) is 60.8 Å². The average molecular weight is 429 g/mol. The van der Waals surface area contributed by atoms with E-state index in [1.807, 2.05) is 24.1 Å². The molecule has 1 heterocycles. The zero-order valence-corrected chi connectivity index (χ0v) is 18.0. The third-order valence-corrected chi connectivity index (χ3v) is 4.92. The van der Waals surface area contributed by atoms with Crippen LogP contribution in [0.4, 0.5) is 5.95 Å². The van der Waals surface area contributed by atoms with Crippen LogP contribution in [0.5, 0.6) is 17.2 Å². The van der Waals surface area contributed by atoms with Crippen molar-refractivity contribution in [2.75, 3.05) is 39.4 Å². The topological polar surface area (TPSA) is 117 Å². The minimum Gasteiger partial charge on any atom is -0.493 e. The minimum absolute atomic E-state index is 0.0195. The molecule has 0 aliphatic rings. The predicted molar refractivity (Wildman–Crippen MR) is 117 cm³/mol. The summed E-state index contributed by atoms with van der Waals surface area (Å²) in [6.45, 7) is 1.97. The molecule has 3 rings (SSSR count). The van der Waals surface area contributed by atoms with Gasteiger partial charge >= 0.3 is 0 Å². The van der Waals surface area contributed by atoms with E-state index < -0.39 is 6.10 Å². The van der Waals surface area contributed by atoms with E-state index >= 15 is 0 Å². The molecule has 166 valence electrons. The second-order valence-corrected chi connectivity index (χ2v) is 7.17. The van der Waals surface area contributed by atoms with E-state index in [1.165, 1.54) is 7.11 Å². The monoisotopic (exact) mass is 429 g/mol. The second-order valence-electron chi connectivity index (χ2n) is 7.17. The molecule has 0 aliphatic carbocycles. The fourth-order valence-electron chi connectivity index (χ4n) is 3.30. The first-order chi connectivity index (χ1) is 14.9.